The fourth-order valence-corrected chi connectivity index (χ4v) is 6.40. The summed E-state index contributed by atoms with van der Waals surface area (Å²) in [5, 5.41) is 19.2. The Kier molecular flexibility index (Phi) is 8.73. The van der Waals surface area contributed by atoms with Crippen LogP contribution < -0.4 is 0 Å². The molecule has 2 atom stereocenters. The van der Waals surface area contributed by atoms with E-state index in [0.29, 0.717) is 34.2 Å². The van der Waals surface area contributed by atoms with Gasteiger partial charge < -0.3 is 9.84 Å². The molecule has 0 saturated carbocycles. The van der Waals surface area contributed by atoms with Gasteiger partial charge in [-0.25, -0.2) is 19.8 Å². The van der Waals surface area contributed by atoms with Gasteiger partial charge in [0.25, 0.3) is 4.92 Å². The summed E-state index contributed by atoms with van der Waals surface area (Å²) in [6.45, 7) is 0.682. The van der Waals surface area contributed by atoms with Crippen LogP contribution in [0.2, 0.25) is 5.02 Å². The summed E-state index contributed by atoms with van der Waals surface area (Å²) in [7, 11) is 3.80. The third-order valence-electron chi connectivity index (χ3n) is 4.98. The number of esters is 1. The number of aliphatic carboxylic acids is 1. The van der Waals surface area contributed by atoms with Crippen LogP contribution in [-0.4, -0.2) is 62.5 Å². The summed E-state index contributed by atoms with van der Waals surface area (Å²) in [6, 6.07) is 9.14. The lowest BCUT2D eigenvalue weighted by molar-refractivity contribution is -0.731. The van der Waals surface area contributed by atoms with Crippen molar-refractivity contribution in [3.8, 4) is 0 Å². The molecule has 33 heavy (non-hydrogen) atoms. The molecular formula is C21H21ClN3O6S2+. The number of pyridine rings is 1. The van der Waals surface area contributed by atoms with Crippen LogP contribution in [-0.2, 0) is 14.3 Å². The van der Waals surface area contributed by atoms with E-state index in [-0.39, 0.29) is 22.4 Å². The highest BCUT2D eigenvalue weighted by atomic mass is 35.5. The summed E-state index contributed by atoms with van der Waals surface area (Å²) in [6.07, 6.45) is 3.16. The Hall–Kier alpha value is -2.60. The second kappa shape index (κ2) is 11.5. The first kappa shape index (κ1) is 25.0. The van der Waals surface area contributed by atoms with Crippen molar-refractivity contribution < 1.29 is 29.6 Å². The number of aromatic nitrogens is 1. The summed E-state index contributed by atoms with van der Waals surface area (Å²) in [5.74, 6) is -1.59. The van der Waals surface area contributed by atoms with Gasteiger partial charge in [0.2, 0.25) is 0 Å². The maximum atomic E-state index is 12.7. The third kappa shape index (κ3) is 6.26. The molecule has 2 N–H and O–H groups in total. The Morgan fingerprint density at radius 1 is 1.33 bits per heavy atom. The molecule has 1 unspecified atom stereocenters. The number of hydrogen-bond acceptors (Lipinski definition) is 8. The quantitative estimate of drug-likeness (QED) is 0.230. The average molecular weight is 511 g/mol. The highest BCUT2D eigenvalue weighted by Crippen LogP contribution is 2.43. The number of rotatable bonds is 8. The fourth-order valence-electron chi connectivity index (χ4n) is 3.49. The average Bonchev–Trinajstić information content (AvgIpc) is 2.79. The minimum atomic E-state index is -1.10. The third-order valence-corrected chi connectivity index (χ3v) is 8.12. The van der Waals surface area contributed by atoms with Crippen LogP contribution in [0.1, 0.15) is 18.0 Å². The number of benzene rings is 1. The van der Waals surface area contributed by atoms with E-state index in [0.717, 1.165) is 6.08 Å². The lowest BCUT2D eigenvalue weighted by Gasteiger charge is -2.37. The number of carbonyl (C=O) groups is 2. The molecule has 174 valence electrons. The summed E-state index contributed by atoms with van der Waals surface area (Å²) < 4.78 is 5.01. The van der Waals surface area contributed by atoms with E-state index in [1.165, 1.54) is 47.0 Å². The first-order valence-electron chi connectivity index (χ1n) is 9.76. The number of methoxy groups -OCH3 is 1. The maximum absolute atomic E-state index is 12.7. The van der Waals surface area contributed by atoms with Crippen LogP contribution in [0.5, 0.6) is 0 Å². The van der Waals surface area contributed by atoms with E-state index < -0.39 is 18.0 Å². The molecule has 1 aromatic carbocycles. The number of ether oxygens (including phenoxy) is 1. The molecule has 3 rings (SSSR count). The number of likely N-dealkylation sites (tertiary alicyclic amines) is 1. The summed E-state index contributed by atoms with van der Waals surface area (Å²) in [5.41, 5.74) is 1.17. The molecule has 2 aromatic rings. The highest BCUT2D eigenvalue weighted by Gasteiger charge is 2.36. The van der Waals surface area contributed by atoms with Gasteiger partial charge in [-0.1, -0.05) is 40.6 Å². The SMILES string of the molecule is COC(=O)[C@H](c1ccccc1Cl)N1CCC(SSc2ncccc2[N+](=O)O)/C(=C\C(=O)O)C1. The van der Waals surface area contributed by atoms with Crippen LogP contribution in [0.3, 0.4) is 0 Å². The molecule has 1 fully saturated rings. The van der Waals surface area contributed by atoms with Gasteiger partial charge in [0.1, 0.15) is 6.04 Å². The van der Waals surface area contributed by atoms with Gasteiger partial charge in [-0.3, -0.25) is 4.90 Å². The summed E-state index contributed by atoms with van der Waals surface area (Å²) >= 11 is 6.34. The van der Waals surface area contributed by atoms with Crippen molar-refractivity contribution in [3.05, 3.63) is 69.7 Å². The first-order valence-corrected chi connectivity index (χ1v) is 12.3. The Morgan fingerprint density at radius 3 is 2.76 bits per heavy atom. The summed E-state index contributed by atoms with van der Waals surface area (Å²) in [4.78, 5) is 41.2. The van der Waals surface area contributed by atoms with Crippen LogP contribution in [0, 0.1) is 4.91 Å². The second-order valence-electron chi connectivity index (χ2n) is 7.03. The van der Waals surface area contributed by atoms with Crippen molar-refractivity contribution in [3.63, 3.8) is 0 Å². The topological polar surface area (TPSA) is 120 Å². The zero-order chi connectivity index (χ0) is 24.0. The van der Waals surface area contributed by atoms with Crippen LogP contribution >= 0.6 is 33.2 Å². The zero-order valence-corrected chi connectivity index (χ0v) is 19.8. The first-order chi connectivity index (χ1) is 15.8. The molecule has 1 saturated heterocycles. The van der Waals surface area contributed by atoms with Crippen LogP contribution in [0.15, 0.2) is 59.3 Å². The number of halogens is 1. The van der Waals surface area contributed by atoms with Crippen molar-refractivity contribution in [2.24, 2.45) is 0 Å². The molecule has 0 spiro atoms. The van der Waals surface area contributed by atoms with E-state index in [1.54, 1.807) is 24.3 Å². The van der Waals surface area contributed by atoms with Gasteiger partial charge in [0.05, 0.1) is 12.0 Å². The van der Waals surface area contributed by atoms with Crippen LogP contribution in [0.25, 0.3) is 0 Å². The van der Waals surface area contributed by atoms with E-state index >= 15 is 0 Å². The number of piperidine rings is 1. The Bertz CT molecular complexity index is 1080. The van der Waals surface area contributed by atoms with Crippen molar-refractivity contribution in [1.82, 2.24) is 9.88 Å². The molecule has 0 radical (unpaired) electrons. The van der Waals surface area contributed by atoms with Gasteiger partial charge in [-0.05, 0) is 40.5 Å². The lowest BCUT2D eigenvalue weighted by Crippen LogP contribution is -2.42. The van der Waals surface area contributed by atoms with Crippen molar-refractivity contribution in [2.45, 2.75) is 22.7 Å². The number of nitrogens with zero attached hydrogens (tertiary/aromatic N) is 3. The number of carboxylic acid groups (broad SMARTS) is 1. The standard InChI is InChI=1S/C21H20ClN3O6S2/c1-31-21(28)19(14-5-2-3-6-15(14)22)24-10-8-17(13(12-24)11-18(26)27)32-33-20-16(25(29)30)7-4-9-23-20/h2-7,9,11,17,19H,8,10,12H2,1H3,(H-,26,27,29,30)/p+1/b13-11-/t17?,19-/m0/s1. The largest absolute Gasteiger partial charge is 0.478 e. The van der Waals surface area contributed by atoms with Gasteiger partial charge in [-0.15, -0.1) is 0 Å². The lowest BCUT2D eigenvalue weighted by atomic mass is 9.98. The molecule has 0 bridgehead atoms. The molecule has 1 aliphatic rings. The molecule has 2 heterocycles. The minimum Gasteiger partial charge on any atom is -0.478 e. The number of hydrogen-bond donors (Lipinski definition) is 2. The van der Waals surface area contributed by atoms with E-state index in [1.807, 2.05) is 4.90 Å². The minimum absolute atomic E-state index is 0.000625. The Morgan fingerprint density at radius 2 is 2.09 bits per heavy atom. The molecule has 1 aromatic heterocycles. The zero-order valence-electron chi connectivity index (χ0n) is 17.5. The molecule has 0 amide bonds. The van der Waals surface area contributed by atoms with Crippen molar-refractivity contribution >= 4 is 50.8 Å². The molecule has 9 nitrogen and oxygen atoms in total. The predicted molar refractivity (Wildman–Crippen MR) is 125 cm³/mol. The maximum Gasteiger partial charge on any atom is 0.349 e. The van der Waals surface area contributed by atoms with Crippen molar-refractivity contribution in [1.29, 1.82) is 0 Å². The smallest absolute Gasteiger partial charge is 0.349 e. The highest BCUT2D eigenvalue weighted by molar-refractivity contribution is 8.77. The Labute approximate surface area is 202 Å². The molecule has 1 aliphatic heterocycles. The Balaban J connectivity index is 1.83. The van der Waals surface area contributed by atoms with Crippen molar-refractivity contribution in [2.75, 3.05) is 20.2 Å². The van der Waals surface area contributed by atoms with Crippen LogP contribution in [0.4, 0.5) is 5.69 Å². The molecule has 0 aliphatic carbocycles. The monoisotopic (exact) mass is 510 g/mol. The number of carbonyl (C=O) groups excluding carboxylic acids is 1. The second-order valence-corrected chi connectivity index (χ2v) is 9.83. The normalized spacial score (nSPS) is 18.6. The van der Waals surface area contributed by atoms with Gasteiger partial charge >= 0.3 is 17.6 Å². The fraction of sp³-hybridized carbons (Fsp3) is 0.286. The van der Waals surface area contributed by atoms with E-state index in [9.17, 15) is 24.8 Å². The van der Waals surface area contributed by atoms with E-state index in [2.05, 4.69) is 4.98 Å². The molecular weight excluding hydrogens is 490 g/mol. The van der Waals surface area contributed by atoms with Gasteiger partial charge in [-0.2, -0.15) is 0 Å². The number of carboxylic acids is 1. The van der Waals surface area contributed by atoms with Gasteiger partial charge in [0.15, 0.2) is 5.03 Å². The van der Waals surface area contributed by atoms with E-state index in [4.69, 9.17) is 16.3 Å². The van der Waals surface area contributed by atoms with Gasteiger partial charge in [0, 0.05) is 41.7 Å². The molecule has 12 heteroatoms. The predicted octanol–water partition coefficient (Wildman–Crippen LogP) is 4.27.